The van der Waals surface area contributed by atoms with Crippen molar-refractivity contribution in [1.29, 1.82) is 0 Å². The van der Waals surface area contributed by atoms with E-state index in [1.54, 1.807) is 0 Å². The lowest BCUT2D eigenvalue weighted by Crippen LogP contribution is -2.23. The molecule has 0 radical (unpaired) electrons. The Labute approximate surface area is 91.1 Å². The van der Waals surface area contributed by atoms with Crippen molar-refractivity contribution in [2.75, 3.05) is 6.61 Å². The maximum Gasteiger partial charge on any atom is 0.384 e. The summed E-state index contributed by atoms with van der Waals surface area (Å²) >= 11 is 0. The molecule has 0 bridgehead atoms. The van der Waals surface area contributed by atoms with Crippen molar-refractivity contribution < 1.29 is 14.3 Å². The first-order valence-corrected chi connectivity index (χ1v) is 5.24. The predicted octanol–water partition coefficient (Wildman–Crippen LogP) is 1.76. The SMILES string of the molecule is CC1OCCC1C#CC(=O)OC(C)(C)C. The normalized spacial score (nSPS) is 25.6. The molecule has 1 aliphatic rings. The van der Waals surface area contributed by atoms with Gasteiger partial charge in [0.2, 0.25) is 0 Å². The highest BCUT2D eigenvalue weighted by Gasteiger charge is 2.22. The average Bonchev–Trinajstić information content (AvgIpc) is 2.44. The van der Waals surface area contributed by atoms with E-state index in [1.807, 2.05) is 27.7 Å². The number of carbonyl (C=O) groups is 1. The lowest BCUT2D eigenvalue weighted by molar-refractivity contribution is -0.147. The summed E-state index contributed by atoms with van der Waals surface area (Å²) in [7, 11) is 0. The van der Waals surface area contributed by atoms with Gasteiger partial charge < -0.3 is 9.47 Å². The highest BCUT2D eigenvalue weighted by Crippen LogP contribution is 2.19. The number of ether oxygens (including phenoxy) is 2. The maximum atomic E-state index is 11.3. The van der Waals surface area contributed by atoms with Crippen LogP contribution in [-0.2, 0) is 14.3 Å². The summed E-state index contributed by atoms with van der Waals surface area (Å²) in [5, 5.41) is 0. The second-order valence-electron chi connectivity index (χ2n) is 4.74. The maximum absolute atomic E-state index is 11.3. The van der Waals surface area contributed by atoms with Crippen LogP contribution in [0.5, 0.6) is 0 Å². The van der Waals surface area contributed by atoms with Gasteiger partial charge in [0.15, 0.2) is 0 Å². The molecular formula is C12H18O3. The first-order chi connectivity index (χ1) is 6.88. The van der Waals surface area contributed by atoms with Gasteiger partial charge >= 0.3 is 5.97 Å². The van der Waals surface area contributed by atoms with Crippen molar-refractivity contribution in [3.63, 3.8) is 0 Å². The first-order valence-electron chi connectivity index (χ1n) is 5.24. The van der Waals surface area contributed by atoms with Crippen LogP contribution in [0, 0.1) is 17.8 Å². The summed E-state index contributed by atoms with van der Waals surface area (Å²) in [6, 6.07) is 0. The number of carbonyl (C=O) groups excluding carboxylic acids is 1. The van der Waals surface area contributed by atoms with Crippen LogP contribution in [0.1, 0.15) is 34.1 Å². The Morgan fingerprint density at radius 1 is 1.47 bits per heavy atom. The summed E-state index contributed by atoms with van der Waals surface area (Å²) < 4.78 is 10.4. The standard InChI is InChI=1S/C12H18O3/c1-9-10(7-8-14-9)5-6-11(13)15-12(2,3)4/h9-10H,7-8H2,1-4H3. The van der Waals surface area contributed by atoms with Gasteiger partial charge in [0.1, 0.15) is 5.60 Å². The van der Waals surface area contributed by atoms with Crippen molar-refractivity contribution in [3.05, 3.63) is 0 Å². The van der Waals surface area contributed by atoms with Gasteiger partial charge in [-0.15, -0.1) is 0 Å². The van der Waals surface area contributed by atoms with E-state index in [9.17, 15) is 4.79 Å². The van der Waals surface area contributed by atoms with Crippen LogP contribution < -0.4 is 0 Å². The molecule has 1 saturated heterocycles. The topological polar surface area (TPSA) is 35.5 Å². The third kappa shape index (κ3) is 4.35. The number of esters is 1. The van der Waals surface area contributed by atoms with E-state index >= 15 is 0 Å². The smallest absolute Gasteiger partial charge is 0.384 e. The summed E-state index contributed by atoms with van der Waals surface area (Å²) in [5.41, 5.74) is -0.469. The molecule has 0 aromatic rings. The van der Waals surface area contributed by atoms with Crippen LogP contribution in [0.4, 0.5) is 0 Å². The monoisotopic (exact) mass is 210 g/mol. The lowest BCUT2D eigenvalue weighted by Gasteiger charge is -2.17. The minimum atomic E-state index is -0.469. The van der Waals surface area contributed by atoms with E-state index in [-0.39, 0.29) is 12.0 Å². The minimum absolute atomic E-state index is 0.125. The van der Waals surface area contributed by atoms with E-state index in [0.29, 0.717) is 0 Å². The summed E-state index contributed by atoms with van der Waals surface area (Å²) in [6.45, 7) is 8.19. The zero-order valence-corrected chi connectivity index (χ0v) is 9.79. The summed E-state index contributed by atoms with van der Waals surface area (Å²) in [6.07, 6.45) is 1.02. The largest absolute Gasteiger partial charge is 0.450 e. The zero-order valence-electron chi connectivity index (χ0n) is 9.79. The van der Waals surface area contributed by atoms with Crippen molar-refractivity contribution in [3.8, 4) is 11.8 Å². The third-order valence-corrected chi connectivity index (χ3v) is 2.13. The molecule has 1 aliphatic heterocycles. The molecule has 0 aliphatic carbocycles. The molecule has 0 aromatic heterocycles. The molecule has 0 saturated carbocycles. The molecule has 84 valence electrons. The second-order valence-corrected chi connectivity index (χ2v) is 4.74. The Morgan fingerprint density at radius 3 is 2.60 bits per heavy atom. The van der Waals surface area contributed by atoms with E-state index in [4.69, 9.17) is 9.47 Å². The van der Waals surface area contributed by atoms with Gasteiger partial charge in [0.25, 0.3) is 0 Å². The Balaban J connectivity index is 2.47. The molecule has 2 atom stereocenters. The molecule has 1 heterocycles. The van der Waals surface area contributed by atoms with Crippen molar-refractivity contribution >= 4 is 5.97 Å². The Kier molecular flexibility index (Phi) is 3.76. The van der Waals surface area contributed by atoms with Crippen molar-refractivity contribution in [2.24, 2.45) is 5.92 Å². The zero-order chi connectivity index (χ0) is 11.5. The molecule has 1 fully saturated rings. The molecule has 3 heteroatoms. The minimum Gasteiger partial charge on any atom is -0.450 e. The number of hydrogen-bond acceptors (Lipinski definition) is 3. The predicted molar refractivity (Wildman–Crippen MR) is 57.1 cm³/mol. The van der Waals surface area contributed by atoms with Crippen LogP contribution in [0.15, 0.2) is 0 Å². The fourth-order valence-electron chi connectivity index (χ4n) is 1.38. The third-order valence-electron chi connectivity index (χ3n) is 2.13. The van der Waals surface area contributed by atoms with Crippen LogP contribution in [0.2, 0.25) is 0 Å². The van der Waals surface area contributed by atoms with Gasteiger partial charge in [-0.3, -0.25) is 0 Å². The quantitative estimate of drug-likeness (QED) is 0.347. The van der Waals surface area contributed by atoms with Gasteiger partial charge in [0.05, 0.1) is 6.10 Å². The average molecular weight is 210 g/mol. The van der Waals surface area contributed by atoms with Gasteiger partial charge in [-0.1, -0.05) is 5.92 Å². The molecule has 0 N–H and O–H groups in total. The Hall–Kier alpha value is -1.01. The molecule has 0 spiro atoms. The van der Waals surface area contributed by atoms with Gasteiger partial charge in [-0.25, -0.2) is 4.79 Å². The van der Waals surface area contributed by atoms with Gasteiger partial charge in [-0.05, 0) is 34.1 Å². The fraction of sp³-hybridized carbons (Fsp3) is 0.750. The molecule has 0 amide bonds. The van der Waals surface area contributed by atoms with E-state index in [0.717, 1.165) is 13.0 Å². The van der Waals surface area contributed by atoms with Crippen LogP contribution >= 0.6 is 0 Å². The van der Waals surface area contributed by atoms with Crippen LogP contribution in [0.3, 0.4) is 0 Å². The van der Waals surface area contributed by atoms with Crippen LogP contribution in [-0.4, -0.2) is 24.3 Å². The van der Waals surface area contributed by atoms with E-state index in [1.165, 1.54) is 0 Å². The van der Waals surface area contributed by atoms with Crippen molar-refractivity contribution in [2.45, 2.75) is 45.8 Å². The molecular weight excluding hydrogens is 192 g/mol. The van der Waals surface area contributed by atoms with Crippen molar-refractivity contribution in [1.82, 2.24) is 0 Å². The molecule has 1 rings (SSSR count). The van der Waals surface area contributed by atoms with Gasteiger partial charge in [0, 0.05) is 18.4 Å². The molecule has 0 aromatic carbocycles. The molecule has 15 heavy (non-hydrogen) atoms. The Bertz CT molecular complexity index is 290. The number of rotatable bonds is 0. The molecule has 2 unspecified atom stereocenters. The summed E-state index contributed by atoms with van der Waals surface area (Å²) in [5.74, 6) is 5.13. The number of hydrogen-bond donors (Lipinski definition) is 0. The van der Waals surface area contributed by atoms with Gasteiger partial charge in [-0.2, -0.15) is 0 Å². The lowest BCUT2D eigenvalue weighted by atomic mass is 10.0. The Morgan fingerprint density at radius 2 is 2.13 bits per heavy atom. The van der Waals surface area contributed by atoms with E-state index in [2.05, 4.69) is 11.8 Å². The second kappa shape index (κ2) is 4.67. The fourth-order valence-corrected chi connectivity index (χ4v) is 1.38. The summed E-state index contributed by atoms with van der Waals surface area (Å²) in [4.78, 5) is 11.3. The highest BCUT2D eigenvalue weighted by molar-refractivity contribution is 5.88. The first kappa shape index (κ1) is 12.1. The van der Waals surface area contributed by atoms with Crippen LogP contribution in [0.25, 0.3) is 0 Å². The highest BCUT2D eigenvalue weighted by atomic mass is 16.6. The van der Waals surface area contributed by atoms with E-state index < -0.39 is 11.6 Å². The molecule has 3 nitrogen and oxygen atoms in total.